The molecule has 5 heteroatoms. The van der Waals surface area contributed by atoms with Crippen LogP contribution in [0.3, 0.4) is 0 Å². The van der Waals surface area contributed by atoms with Crippen LogP contribution in [0.15, 0.2) is 0 Å². The van der Waals surface area contributed by atoms with Gasteiger partial charge >= 0.3 is 0 Å². The Bertz CT molecular complexity index is 199. The van der Waals surface area contributed by atoms with Gasteiger partial charge in [0.1, 0.15) is 9.52 Å². The van der Waals surface area contributed by atoms with E-state index in [-0.39, 0.29) is 5.91 Å². The molecule has 0 N–H and O–H groups in total. The highest BCUT2D eigenvalue weighted by Crippen LogP contribution is 2.28. The van der Waals surface area contributed by atoms with Crippen LogP contribution in [0.1, 0.15) is 25.7 Å². The van der Waals surface area contributed by atoms with Gasteiger partial charge in [0, 0.05) is 13.0 Å². The summed E-state index contributed by atoms with van der Waals surface area (Å²) in [5, 5.41) is 0. The molecule has 0 aromatic rings. The highest BCUT2D eigenvalue weighted by molar-refractivity contribution is 6.72. The van der Waals surface area contributed by atoms with Crippen molar-refractivity contribution in [3.63, 3.8) is 0 Å². The monoisotopic (exact) mass is 237 g/mol. The van der Waals surface area contributed by atoms with Crippen molar-refractivity contribution in [2.24, 2.45) is 0 Å². The topological polar surface area (TPSA) is 20.3 Å². The van der Waals surface area contributed by atoms with Crippen LogP contribution in [0, 0.1) is 0 Å². The Hall–Kier alpha value is 0.267. The van der Waals surface area contributed by atoms with Gasteiger partial charge in [-0.3, -0.25) is 4.79 Å². The van der Waals surface area contributed by atoms with Gasteiger partial charge in [0.2, 0.25) is 5.91 Å². The molecule has 0 aromatic carbocycles. The number of halogens is 2. The van der Waals surface area contributed by atoms with Gasteiger partial charge in [0.05, 0.1) is 0 Å². The lowest BCUT2D eigenvalue weighted by molar-refractivity contribution is -0.131. The molecule has 2 nitrogen and oxygen atoms in total. The minimum Gasteiger partial charge on any atom is -0.315 e. The fraction of sp³-hybridized carbons (Fsp3) is 0.875. The summed E-state index contributed by atoms with van der Waals surface area (Å²) in [5.41, 5.74) is 0. The van der Waals surface area contributed by atoms with E-state index in [1.54, 1.807) is 4.90 Å². The second kappa shape index (κ2) is 4.67. The van der Waals surface area contributed by atoms with Crippen LogP contribution in [0.4, 0.5) is 0 Å². The second-order valence-corrected chi connectivity index (χ2v) is 6.29. The quantitative estimate of drug-likeness (QED) is 0.410. The summed E-state index contributed by atoms with van der Waals surface area (Å²) in [6.07, 6.45) is 3.66. The minimum atomic E-state index is -0.971. The molecule has 1 rings (SSSR count). The van der Waals surface area contributed by atoms with Gasteiger partial charge in [0.25, 0.3) is 0 Å². The molecule has 0 spiro atoms. The Kier molecular flexibility index (Phi) is 4.07. The van der Waals surface area contributed by atoms with E-state index in [2.05, 4.69) is 0 Å². The summed E-state index contributed by atoms with van der Waals surface area (Å²) >= 11 is 12.1. The molecule has 1 saturated heterocycles. The molecule has 0 aliphatic carbocycles. The van der Waals surface area contributed by atoms with Gasteiger partial charge in [-0.15, -0.1) is 0 Å². The van der Waals surface area contributed by atoms with Crippen LogP contribution in [0.25, 0.3) is 0 Å². The molecule has 0 unspecified atom stereocenters. The van der Waals surface area contributed by atoms with Crippen LogP contribution >= 0.6 is 23.2 Å². The van der Waals surface area contributed by atoms with Crippen LogP contribution in [-0.2, 0) is 4.79 Å². The molecular weight excluding hydrogens is 225 g/mol. The molecule has 0 aromatic heterocycles. The number of rotatable bonds is 2. The number of nitrogens with zero attached hydrogens (tertiary/aromatic N) is 1. The highest BCUT2D eigenvalue weighted by Gasteiger charge is 2.34. The van der Waals surface area contributed by atoms with E-state index >= 15 is 0 Å². The summed E-state index contributed by atoms with van der Waals surface area (Å²) in [4.78, 5) is 13.2. The lowest BCUT2D eigenvalue weighted by Crippen LogP contribution is -2.47. The standard InChI is InChI=1S/C8H13Cl2NOSi/c1-13-8(9,10)11-6-4-2-3-5-7(11)12/h2-6H2,1H3. The van der Waals surface area contributed by atoms with Crippen molar-refractivity contribution in [3.8, 4) is 0 Å². The van der Waals surface area contributed by atoms with Crippen LogP contribution in [-0.4, -0.2) is 31.0 Å². The van der Waals surface area contributed by atoms with Crippen LogP contribution in [0.5, 0.6) is 0 Å². The SMILES string of the molecule is C[Si]C(Cl)(Cl)N1CCCCCC1=O. The van der Waals surface area contributed by atoms with E-state index in [9.17, 15) is 4.79 Å². The first-order chi connectivity index (χ1) is 6.08. The number of carbonyl (C=O) groups excluding carboxylic acids is 1. The average molecular weight is 238 g/mol. The summed E-state index contributed by atoms with van der Waals surface area (Å²) < 4.78 is -0.971. The Morgan fingerprint density at radius 3 is 2.69 bits per heavy atom. The Labute approximate surface area is 91.4 Å². The summed E-state index contributed by atoms with van der Waals surface area (Å²) in [7, 11) is 0.334. The zero-order chi connectivity index (χ0) is 9.90. The number of hydrogen-bond acceptors (Lipinski definition) is 1. The zero-order valence-electron chi connectivity index (χ0n) is 7.65. The molecule has 1 fully saturated rings. The molecule has 0 saturated carbocycles. The van der Waals surface area contributed by atoms with Crippen LogP contribution in [0.2, 0.25) is 6.55 Å². The normalized spacial score (nSPS) is 20.2. The number of likely N-dealkylation sites (tertiary alicyclic amines) is 1. The molecule has 74 valence electrons. The molecule has 0 bridgehead atoms. The van der Waals surface area contributed by atoms with E-state index in [1.807, 2.05) is 6.55 Å². The third kappa shape index (κ3) is 2.86. The number of amides is 1. The number of carbonyl (C=O) groups is 1. The van der Waals surface area contributed by atoms with Crippen molar-refractivity contribution in [1.29, 1.82) is 0 Å². The molecule has 2 radical (unpaired) electrons. The zero-order valence-corrected chi connectivity index (χ0v) is 10.2. The first kappa shape index (κ1) is 11.3. The summed E-state index contributed by atoms with van der Waals surface area (Å²) in [6, 6.07) is 0. The first-order valence-electron chi connectivity index (χ1n) is 4.45. The van der Waals surface area contributed by atoms with E-state index in [4.69, 9.17) is 23.2 Å². The maximum absolute atomic E-state index is 11.6. The summed E-state index contributed by atoms with van der Waals surface area (Å²) in [6.45, 7) is 2.62. The Morgan fingerprint density at radius 1 is 1.38 bits per heavy atom. The van der Waals surface area contributed by atoms with Crippen LogP contribution < -0.4 is 0 Å². The molecule has 1 amide bonds. The minimum absolute atomic E-state index is 0.0943. The van der Waals surface area contributed by atoms with Crippen molar-refractivity contribution in [2.75, 3.05) is 6.54 Å². The van der Waals surface area contributed by atoms with Crippen molar-refractivity contribution >= 4 is 38.6 Å². The third-order valence-corrected chi connectivity index (χ3v) is 4.63. The lowest BCUT2D eigenvalue weighted by Gasteiger charge is -2.32. The van der Waals surface area contributed by atoms with Crippen molar-refractivity contribution in [3.05, 3.63) is 0 Å². The van der Waals surface area contributed by atoms with Gasteiger partial charge < -0.3 is 4.90 Å². The van der Waals surface area contributed by atoms with E-state index in [0.717, 1.165) is 19.3 Å². The van der Waals surface area contributed by atoms with Crippen molar-refractivity contribution in [1.82, 2.24) is 4.90 Å². The fourth-order valence-corrected chi connectivity index (χ4v) is 2.28. The predicted molar refractivity (Wildman–Crippen MR) is 56.2 cm³/mol. The third-order valence-electron chi connectivity index (χ3n) is 2.21. The molecular formula is C8H13Cl2NOSi. The van der Waals surface area contributed by atoms with Gasteiger partial charge in [-0.05, 0) is 12.8 Å². The Morgan fingerprint density at radius 2 is 2.08 bits per heavy atom. The van der Waals surface area contributed by atoms with Gasteiger partial charge in [-0.2, -0.15) is 0 Å². The predicted octanol–water partition coefficient (Wildman–Crippen LogP) is 2.23. The van der Waals surface area contributed by atoms with Crippen molar-refractivity contribution in [2.45, 2.75) is 36.3 Å². The first-order valence-corrected chi connectivity index (χ1v) is 6.71. The molecule has 1 heterocycles. The smallest absolute Gasteiger partial charge is 0.224 e. The Balaban J connectivity index is 2.69. The maximum atomic E-state index is 11.6. The molecule has 0 atom stereocenters. The maximum Gasteiger partial charge on any atom is 0.224 e. The van der Waals surface area contributed by atoms with Crippen molar-refractivity contribution < 1.29 is 4.79 Å². The van der Waals surface area contributed by atoms with Gasteiger partial charge in [0.15, 0.2) is 4.08 Å². The number of alkyl halides is 2. The lowest BCUT2D eigenvalue weighted by atomic mass is 10.2. The number of hydrogen-bond donors (Lipinski definition) is 0. The van der Waals surface area contributed by atoms with E-state index in [1.165, 1.54) is 0 Å². The largest absolute Gasteiger partial charge is 0.315 e. The summed E-state index contributed by atoms with van der Waals surface area (Å²) in [5.74, 6) is 0.0943. The van der Waals surface area contributed by atoms with E-state index in [0.29, 0.717) is 22.5 Å². The molecule has 1 aliphatic heterocycles. The van der Waals surface area contributed by atoms with E-state index < -0.39 is 4.08 Å². The average Bonchev–Trinajstić information content (AvgIpc) is 2.30. The molecule has 13 heavy (non-hydrogen) atoms. The second-order valence-electron chi connectivity index (χ2n) is 3.15. The fourth-order valence-electron chi connectivity index (χ4n) is 1.41. The highest BCUT2D eigenvalue weighted by atomic mass is 35.5. The van der Waals surface area contributed by atoms with Gasteiger partial charge in [-0.25, -0.2) is 0 Å². The molecule has 1 aliphatic rings. The van der Waals surface area contributed by atoms with Gasteiger partial charge in [-0.1, -0.05) is 36.2 Å².